The third-order valence-electron chi connectivity index (χ3n) is 2.67. The molecule has 1 aromatic rings. The molecule has 4 heteroatoms. The smallest absolute Gasteiger partial charge is 0.158 e. The van der Waals surface area contributed by atoms with Crippen LogP contribution in [0.25, 0.3) is 0 Å². The van der Waals surface area contributed by atoms with E-state index in [-0.39, 0.29) is 6.29 Å². The summed E-state index contributed by atoms with van der Waals surface area (Å²) in [7, 11) is 0. The first kappa shape index (κ1) is 15.1. The Hall–Kier alpha value is -0.970. The second kappa shape index (κ2) is 9.03. The Morgan fingerprint density at radius 2 is 2.00 bits per heavy atom. The highest BCUT2D eigenvalue weighted by molar-refractivity contribution is 5.17. The van der Waals surface area contributed by atoms with Crippen LogP contribution in [-0.4, -0.2) is 31.0 Å². The molecule has 0 atom stereocenters. The Morgan fingerprint density at radius 1 is 1.28 bits per heavy atom. The lowest BCUT2D eigenvalue weighted by Gasteiger charge is -2.17. The average Bonchev–Trinajstić information content (AvgIpc) is 2.37. The Morgan fingerprint density at radius 3 is 2.61 bits per heavy atom. The van der Waals surface area contributed by atoms with Crippen molar-refractivity contribution in [3.63, 3.8) is 0 Å². The third kappa shape index (κ3) is 5.58. The van der Waals surface area contributed by atoms with Gasteiger partial charge in [-0.1, -0.05) is 6.07 Å². The predicted octanol–water partition coefficient (Wildman–Crippen LogP) is 2.27. The summed E-state index contributed by atoms with van der Waals surface area (Å²) in [5.41, 5.74) is 2.32. The number of rotatable bonds is 9. The lowest BCUT2D eigenvalue weighted by molar-refractivity contribution is -0.138. The van der Waals surface area contributed by atoms with Gasteiger partial charge < -0.3 is 14.8 Å². The number of aromatic nitrogens is 1. The molecule has 18 heavy (non-hydrogen) atoms. The number of ether oxygens (including phenoxy) is 2. The molecule has 1 heterocycles. The zero-order valence-corrected chi connectivity index (χ0v) is 11.6. The fourth-order valence-corrected chi connectivity index (χ4v) is 1.72. The van der Waals surface area contributed by atoms with Gasteiger partial charge in [-0.25, -0.2) is 0 Å². The summed E-state index contributed by atoms with van der Waals surface area (Å²) >= 11 is 0. The molecule has 0 aliphatic heterocycles. The summed E-state index contributed by atoms with van der Waals surface area (Å²) in [4.78, 5) is 4.34. The van der Waals surface area contributed by atoms with E-state index in [1.807, 2.05) is 26.1 Å². The van der Waals surface area contributed by atoms with Gasteiger partial charge in [0.2, 0.25) is 0 Å². The number of nitrogens with zero attached hydrogens (tertiary/aromatic N) is 1. The SMILES string of the molecule is CCOC(CCNCc1ncccc1C)OCC. The van der Waals surface area contributed by atoms with Crippen LogP contribution in [0, 0.1) is 6.92 Å². The van der Waals surface area contributed by atoms with E-state index in [4.69, 9.17) is 9.47 Å². The van der Waals surface area contributed by atoms with Crippen molar-refractivity contribution < 1.29 is 9.47 Å². The molecule has 0 amide bonds. The first-order chi connectivity index (χ1) is 8.77. The molecule has 1 N–H and O–H groups in total. The summed E-state index contributed by atoms with van der Waals surface area (Å²) in [6, 6.07) is 4.03. The van der Waals surface area contributed by atoms with Gasteiger partial charge in [0.15, 0.2) is 6.29 Å². The lowest BCUT2D eigenvalue weighted by atomic mass is 10.2. The molecule has 0 radical (unpaired) electrons. The van der Waals surface area contributed by atoms with Crippen molar-refractivity contribution in [2.24, 2.45) is 0 Å². The fraction of sp³-hybridized carbons (Fsp3) is 0.643. The number of hydrogen-bond donors (Lipinski definition) is 1. The average molecular weight is 252 g/mol. The van der Waals surface area contributed by atoms with Crippen LogP contribution in [-0.2, 0) is 16.0 Å². The van der Waals surface area contributed by atoms with E-state index in [9.17, 15) is 0 Å². The van der Waals surface area contributed by atoms with E-state index in [2.05, 4.69) is 23.3 Å². The Labute approximate surface area is 110 Å². The minimum Gasteiger partial charge on any atom is -0.353 e. The molecular formula is C14H24N2O2. The van der Waals surface area contributed by atoms with Gasteiger partial charge >= 0.3 is 0 Å². The van der Waals surface area contributed by atoms with Gasteiger partial charge in [0.05, 0.1) is 5.69 Å². The van der Waals surface area contributed by atoms with Gasteiger partial charge in [0, 0.05) is 38.9 Å². The van der Waals surface area contributed by atoms with Crippen molar-refractivity contribution in [3.05, 3.63) is 29.6 Å². The second-order valence-electron chi connectivity index (χ2n) is 4.07. The summed E-state index contributed by atoms with van der Waals surface area (Å²) in [5, 5.41) is 3.37. The Balaban J connectivity index is 2.23. The van der Waals surface area contributed by atoms with E-state index >= 15 is 0 Å². The van der Waals surface area contributed by atoms with Gasteiger partial charge in [-0.05, 0) is 32.4 Å². The zero-order chi connectivity index (χ0) is 13.2. The molecule has 0 saturated carbocycles. The monoisotopic (exact) mass is 252 g/mol. The molecule has 0 saturated heterocycles. The Kier molecular flexibility index (Phi) is 7.57. The molecule has 0 spiro atoms. The van der Waals surface area contributed by atoms with Crippen molar-refractivity contribution >= 4 is 0 Å². The molecule has 0 aliphatic rings. The van der Waals surface area contributed by atoms with Gasteiger partial charge in [-0.2, -0.15) is 0 Å². The predicted molar refractivity (Wildman–Crippen MR) is 72.3 cm³/mol. The molecule has 0 unspecified atom stereocenters. The first-order valence-electron chi connectivity index (χ1n) is 6.62. The molecule has 1 rings (SSSR count). The normalized spacial score (nSPS) is 11.1. The van der Waals surface area contributed by atoms with Crippen LogP contribution in [0.1, 0.15) is 31.5 Å². The minimum absolute atomic E-state index is 0.0997. The van der Waals surface area contributed by atoms with Crippen molar-refractivity contribution in [1.82, 2.24) is 10.3 Å². The number of nitrogens with one attached hydrogen (secondary N) is 1. The van der Waals surface area contributed by atoms with Crippen molar-refractivity contribution in [1.29, 1.82) is 0 Å². The topological polar surface area (TPSA) is 43.4 Å². The summed E-state index contributed by atoms with van der Waals surface area (Å²) in [6.07, 6.45) is 2.58. The number of hydrogen-bond acceptors (Lipinski definition) is 4. The summed E-state index contributed by atoms with van der Waals surface area (Å²) in [6.45, 7) is 9.06. The quantitative estimate of drug-likeness (QED) is 0.541. The highest BCUT2D eigenvalue weighted by atomic mass is 16.7. The minimum atomic E-state index is -0.0997. The van der Waals surface area contributed by atoms with Crippen molar-refractivity contribution in [3.8, 4) is 0 Å². The largest absolute Gasteiger partial charge is 0.353 e. The molecular weight excluding hydrogens is 228 g/mol. The summed E-state index contributed by atoms with van der Waals surface area (Å²) in [5.74, 6) is 0. The van der Waals surface area contributed by atoms with Gasteiger partial charge in [0.1, 0.15) is 0 Å². The molecule has 0 aliphatic carbocycles. The maximum Gasteiger partial charge on any atom is 0.158 e. The van der Waals surface area contributed by atoms with Crippen LogP contribution >= 0.6 is 0 Å². The highest BCUT2D eigenvalue weighted by Crippen LogP contribution is 2.03. The zero-order valence-electron chi connectivity index (χ0n) is 11.6. The fourth-order valence-electron chi connectivity index (χ4n) is 1.72. The van der Waals surface area contributed by atoms with Gasteiger partial charge in [-0.15, -0.1) is 0 Å². The highest BCUT2D eigenvalue weighted by Gasteiger charge is 2.07. The van der Waals surface area contributed by atoms with E-state index in [1.54, 1.807) is 0 Å². The van der Waals surface area contributed by atoms with Crippen molar-refractivity contribution in [2.45, 2.75) is 40.0 Å². The second-order valence-corrected chi connectivity index (χ2v) is 4.07. The standard InChI is InChI=1S/C14H24N2O2/c1-4-17-14(18-5-2)8-10-15-11-13-12(3)7-6-9-16-13/h6-7,9,14-15H,4-5,8,10-11H2,1-3H3. The van der Waals surface area contributed by atoms with E-state index in [1.165, 1.54) is 5.56 Å². The Bertz CT molecular complexity index is 325. The lowest BCUT2D eigenvalue weighted by Crippen LogP contribution is -2.25. The van der Waals surface area contributed by atoms with Crippen LogP contribution in [0.15, 0.2) is 18.3 Å². The maximum atomic E-state index is 5.48. The molecule has 0 fully saturated rings. The van der Waals surface area contributed by atoms with Gasteiger partial charge in [-0.3, -0.25) is 4.98 Å². The third-order valence-corrected chi connectivity index (χ3v) is 2.67. The van der Waals surface area contributed by atoms with Gasteiger partial charge in [0.25, 0.3) is 0 Å². The summed E-state index contributed by atoms with van der Waals surface area (Å²) < 4.78 is 11.0. The van der Waals surface area contributed by atoms with Crippen molar-refractivity contribution in [2.75, 3.05) is 19.8 Å². The molecule has 102 valence electrons. The van der Waals surface area contributed by atoms with Crippen LogP contribution in [0.2, 0.25) is 0 Å². The number of pyridine rings is 1. The van der Waals surface area contributed by atoms with E-state index in [0.717, 1.165) is 25.2 Å². The van der Waals surface area contributed by atoms with E-state index in [0.29, 0.717) is 13.2 Å². The van der Waals surface area contributed by atoms with E-state index < -0.39 is 0 Å². The van der Waals surface area contributed by atoms with Crippen LogP contribution < -0.4 is 5.32 Å². The van der Waals surface area contributed by atoms with Crippen LogP contribution in [0.4, 0.5) is 0 Å². The molecule has 0 bridgehead atoms. The van der Waals surface area contributed by atoms with Crippen LogP contribution in [0.3, 0.4) is 0 Å². The maximum absolute atomic E-state index is 5.48. The van der Waals surface area contributed by atoms with Crippen LogP contribution in [0.5, 0.6) is 0 Å². The molecule has 4 nitrogen and oxygen atoms in total. The molecule has 0 aromatic carbocycles. The molecule has 1 aromatic heterocycles. The number of aryl methyl sites for hydroxylation is 1. The first-order valence-corrected chi connectivity index (χ1v) is 6.62.